The molecular weight excluding hydrogens is 244 g/mol. The van der Waals surface area contributed by atoms with E-state index >= 15 is 0 Å². The van der Waals surface area contributed by atoms with E-state index in [1.807, 2.05) is 13.0 Å². The topological polar surface area (TPSA) is 63.8 Å². The molecule has 0 fully saturated rings. The number of nitrogens with one attached hydrogen (secondary N) is 1. The molecule has 0 unspecified atom stereocenters. The third-order valence-electron chi connectivity index (χ3n) is 2.73. The monoisotopic (exact) mass is 262 g/mol. The Bertz CT molecular complexity index is 520. The lowest BCUT2D eigenvalue weighted by molar-refractivity contribution is 0.774. The highest BCUT2D eigenvalue weighted by molar-refractivity contribution is 7.09. The minimum Gasteiger partial charge on any atom is -0.383 e. The van der Waals surface area contributed by atoms with Crippen molar-refractivity contribution in [2.45, 2.75) is 33.2 Å². The summed E-state index contributed by atoms with van der Waals surface area (Å²) in [5.74, 6) is 2.45. The molecule has 0 aliphatic heterocycles. The summed E-state index contributed by atoms with van der Waals surface area (Å²) >= 11 is 1.73. The zero-order chi connectivity index (χ0) is 13.1. The van der Waals surface area contributed by atoms with Crippen LogP contribution in [0.15, 0.2) is 17.5 Å². The van der Waals surface area contributed by atoms with E-state index in [1.54, 1.807) is 11.3 Å². The molecule has 0 atom stereocenters. The van der Waals surface area contributed by atoms with Crippen LogP contribution < -0.4 is 11.1 Å². The van der Waals surface area contributed by atoms with Gasteiger partial charge in [-0.2, -0.15) is 0 Å². The molecule has 0 saturated heterocycles. The molecule has 0 radical (unpaired) electrons. The van der Waals surface area contributed by atoms with Crippen LogP contribution in [-0.2, 0) is 6.54 Å². The average molecular weight is 262 g/mol. The first-order chi connectivity index (χ1) is 8.58. The molecule has 5 heteroatoms. The van der Waals surface area contributed by atoms with Crippen LogP contribution >= 0.6 is 11.3 Å². The van der Waals surface area contributed by atoms with E-state index in [0.717, 1.165) is 23.8 Å². The average Bonchev–Trinajstić information content (AvgIpc) is 2.83. The van der Waals surface area contributed by atoms with Crippen molar-refractivity contribution < 1.29 is 0 Å². The van der Waals surface area contributed by atoms with E-state index in [2.05, 4.69) is 40.6 Å². The maximum atomic E-state index is 5.92. The van der Waals surface area contributed by atoms with E-state index in [1.165, 1.54) is 4.88 Å². The van der Waals surface area contributed by atoms with Crippen LogP contribution in [0.2, 0.25) is 0 Å². The van der Waals surface area contributed by atoms with Crippen LogP contribution in [0.5, 0.6) is 0 Å². The highest BCUT2D eigenvalue weighted by Crippen LogP contribution is 2.22. The first kappa shape index (κ1) is 12.8. The normalized spacial score (nSPS) is 10.9. The van der Waals surface area contributed by atoms with Gasteiger partial charge in [-0.1, -0.05) is 19.9 Å². The minimum absolute atomic E-state index is 0.273. The van der Waals surface area contributed by atoms with Crippen LogP contribution in [-0.4, -0.2) is 9.97 Å². The molecular formula is C13H18N4S. The second-order valence-electron chi connectivity index (χ2n) is 4.53. The molecule has 0 amide bonds. The fourth-order valence-corrected chi connectivity index (χ4v) is 2.21. The molecule has 0 aliphatic rings. The van der Waals surface area contributed by atoms with Gasteiger partial charge in [0, 0.05) is 16.4 Å². The Balaban J connectivity index is 2.20. The number of anilines is 2. The molecule has 0 saturated carbocycles. The van der Waals surface area contributed by atoms with Crippen molar-refractivity contribution in [2.24, 2.45) is 0 Å². The van der Waals surface area contributed by atoms with Crippen LogP contribution in [0.4, 0.5) is 11.6 Å². The molecule has 0 aromatic carbocycles. The smallest absolute Gasteiger partial charge is 0.135 e. The quantitative estimate of drug-likeness (QED) is 0.888. The Morgan fingerprint density at radius 3 is 2.78 bits per heavy atom. The standard InChI is InChI=1S/C13H18N4S/c1-8(2)12-16-11(14)9(3)13(17-12)15-7-10-5-4-6-18-10/h4-6,8H,7H2,1-3H3,(H3,14,15,16,17). The number of thiophene rings is 1. The zero-order valence-electron chi connectivity index (χ0n) is 10.9. The molecule has 2 rings (SSSR count). The summed E-state index contributed by atoms with van der Waals surface area (Å²) in [6.45, 7) is 6.84. The van der Waals surface area contributed by atoms with Gasteiger partial charge in [-0.3, -0.25) is 0 Å². The van der Waals surface area contributed by atoms with Gasteiger partial charge in [0.25, 0.3) is 0 Å². The predicted molar refractivity (Wildman–Crippen MR) is 76.9 cm³/mol. The maximum absolute atomic E-state index is 5.92. The minimum atomic E-state index is 0.273. The first-order valence-electron chi connectivity index (χ1n) is 5.98. The first-order valence-corrected chi connectivity index (χ1v) is 6.86. The Hall–Kier alpha value is -1.62. The summed E-state index contributed by atoms with van der Waals surface area (Å²) in [6.07, 6.45) is 0. The highest BCUT2D eigenvalue weighted by atomic mass is 32.1. The van der Waals surface area contributed by atoms with Crippen LogP contribution in [0.3, 0.4) is 0 Å². The third-order valence-corrected chi connectivity index (χ3v) is 3.60. The van der Waals surface area contributed by atoms with Gasteiger partial charge in [-0.15, -0.1) is 11.3 Å². The van der Waals surface area contributed by atoms with Crippen molar-refractivity contribution in [3.05, 3.63) is 33.8 Å². The molecule has 4 nitrogen and oxygen atoms in total. The Kier molecular flexibility index (Phi) is 3.81. The number of hydrogen-bond donors (Lipinski definition) is 2. The van der Waals surface area contributed by atoms with E-state index in [0.29, 0.717) is 5.82 Å². The summed E-state index contributed by atoms with van der Waals surface area (Å²) in [5, 5.41) is 5.40. The van der Waals surface area contributed by atoms with Crippen molar-refractivity contribution in [1.29, 1.82) is 0 Å². The third kappa shape index (κ3) is 2.79. The molecule has 96 valence electrons. The van der Waals surface area contributed by atoms with Gasteiger partial charge in [-0.05, 0) is 18.4 Å². The molecule has 3 N–H and O–H groups in total. The molecule has 18 heavy (non-hydrogen) atoms. The summed E-state index contributed by atoms with van der Waals surface area (Å²) in [4.78, 5) is 10.1. The Morgan fingerprint density at radius 2 is 2.17 bits per heavy atom. The maximum Gasteiger partial charge on any atom is 0.135 e. The van der Waals surface area contributed by atoms with Gasteiger partial charge in [0.15, 0.2) is 0 Å². The van der Waals surface area contributed by atoms with Gasteiger partial charge in [-0.25, -0.2) is 9.97 Å². The second-order valence-corrected chi connectivity index (χ2v) is 5.56. The van der Waals surface area contributed by atoms with Crippen molar-refractivity contribution in [3.8, 4) is 0 Å². The van der Waals surface area contributed by atoms with Crippen LogP contribution in [0.25, 0.3) is 0 Å². The molecule has 0 bridgehead atoms. The number of nitrogen functional groups attached to an aromatic ring is 1. The highest BCUT2D eigenvalue weighted by Gasteiger charge is 2.11. The molecule has 2 heterocycles. The van der Waals surface area contributed by atoms with Crippen LogP contribution in [0, 0.1) is 6.92 Å². The number of aromatic nitrogens is 2. The largest absolute Gasteiger partial charge is 0.383 e. The lowest BCUT2D eigenvalue weighted by Crippen LogP contribution is -2.10. The lowest BCUT2D eigenvalue weighted by Gasteiger charge is -2.13. The van der Waals surface area contributed by atoms with Gasteiger partial charge in [0.1, 0.15) is 17.5 Å². The second kappa shape index (κ2) is 5.35. The summed E-state index contributed by atoms with van der Waals surface area (Å²) < 4.78 is 0. The van der Waals surface area contributed by atoms with E-state index < -0.39 is 0 Å². The van der Waals surface area contributed by atoms with Gasteiger partial charge in [0.2, 0.25) is 0 Å². The lowest BCUT2D eigenvalue weighted by atomic mass is 10.2. The van der Waals surface area contributed by atoms with Gasteiger partial charge < -0.3 is 11.1 Å². The van der Waals surface area contributed by atoms with Crippen molar-refractivity contribution in [1.82, 2.24) is 9.97 Å². The number of rotatable bonds is 4. The fourth-order valence-electron chi connectivity index (χ4n) is 1.57. The van der Waals surface area contributed by atoms with Crippen molar-refractivity contribution in [2.75, 3.05) is 11.1 Å². The molecule has 2 aromatic rings. The number of nitrogens with zero attached hydrogens (tertiary/aromatic N) is 2. The van der Waals surface area contributed by atoms with Gasteiger partial charge >= 0.3 is 0 Å². The van der Waals surface area contributed by atoms with E-state index in [-0.39, 0.29) is 5.92 Å². The number of nitrogens with two attached hydrogens (primary N) is 1. The molecule has 0 spiro atoms. The van der Waals surface area contributed by atoms with E-state index in [9.17, 15) is 0 Å². The van der Waals surface area contributed by atoms with Crippen molar-refractivity contribution >= 4 is 23.0 Å². The predicted octanol–water partition coefficient (Wildman–Crippen LogP) is 3.16. The Morgan fingerprint density at radius 1 is 1.39 bits per heavy atom. The molecule has 2 aromatic heterocycles. The number of hydrogen-bond acceptors (Lipinski definition) is 5. The molecule has 0 aliphatic carbocycles. The fraction of sp³-hybridized carbons (Fsp3) is 0.385. The summed E-state index contributed by atoms with van der Waals surface area (Å²) in [5.41, 5.74) is 6.83. The summed E-state index contributed by atoms with van der Waals surface area (Å²) in [6, 6.07) is 4.14. The van der Waals surface area contributed by atoms with Crippen molar-refractivity contribution in [3.63, 3.8) is 0 Å². The Labute approximate surface area is 111 Å². The SMILES string of the molecule is Cc1c(N)nc(C(C)C)nc1NCc1cccs1. The van der Waals surface area contributed by atoms with E-state index in [4.69, 9.17) is 5.73 Å². The summed E-state index contributed by atoms with van der Waals surface area (Å²) in [7, 11) is 0. The van der Waals surface area contributed by atoms with Gasteiger partial charge in [0.05, 0.1) is 6.54 Å². The zero-order valence-corrected chi connectivity index (χ0v) is 11.7. The van der Waals surface area contributed by atoms with Crippen LogP contribution in [0.1, 0.15) is 36.0 Å².